The molecule has 2 aromatic rings. The number of benzene rings is 2. The van der Waals surface area contributed by atoms with E-state index in [1.165, 1.54) is 35.0 Å². The molecule has 4 rings (SSSR count). The van der Waals surface area contributed by atoms with Crippen LogP contribution in [0, 0.1) is 11.3 Å². The second-order valence-electron chi connectivity index (χ2n) is 8.21. The molecule has 33 heavy (non-hydrogen) atoms. The van der Waals surface area contributed by atoms with Gasteiger partial charge in [0.2, 0.25) is 5.91 Å². The number of hydrogen-bond donors (Lipinski definition) is 0. The molecule has 0 N–H and O–H groups in total. The lowest BCUT2D eigenvalue weighted by Crippen LogP contribution is -2.54. The van der Waals surface area contributed by atoms with Crippen molar-refractivity contribution in [2.75, 3.05) is 32.1 Å². The van der Waals surface area contributed by atoms with Crippen molar-refractivity contribution in [1.82, 2.24) is 14.9 Å². The molecule has 4 amide bonds. The summed E-state index contributed by atoms with van der Waals surface area (Å²) in [5.74, 6) is -1.07. The zero-order chi connectivity index (χ0) is 24.1. The molecule has 0 unspecified atom stereocenters. The van der Waals surface area contributed by atoms with Crippen LogP contribution in [0.2, 0.25) is 10.0 Å². The van der Waals surface area contributed by atoms with Crippen molar-refractivity contribution in [3.8, 4) is 6.07 Å². The lowest BCUT2D eigenvalue weighted by Gasteiger charge is -2.34. The zero-order valence-corrected chi connectivity index (χ0v) is 19.8. The summed E-state index contributed by atoms with van der Waals surface area (Å²) in [5, 5.41) is 13.0. The van der Waals surface area contributed by atoms with Crippen LogP contribution in [-0.2, 0) is 9.59 Å². The predicted octanol–water partition coefficient (Wildman–Crippen LogP) is 3.49. The molecule has 0 aromatic heterocycles. The minimum atomic E-state index is -1.27. The fourth-order valence-corrected chi connectivity index (χ4v) is 5.13. The molecule has 2 saturated heterocycles. The van der Waals surface area contributed by atoms with Gasteiger partial charge in [-0.15, -0.1) is 0 Å². The Morgan fingerprint density at radius 1 is 1.15 bits per heavy atom. The Bertz CT molecular complexity index is 1180. The summed E-state index contributed by atoms with van der Waals surface area (Å²) >= 11 is 12.3. The van der Waals surface area contributed by atoms with Gasteiger partial charge in [-0.05, 0) is 35.9 Å². The van der Waals surface area contributed by atoms with Crippen LogP contribution in [-0.4, -0.2) is 65.5 Å². The van der Waals surface area contributed by atoms with E-state index in [0.29, 0.717) is 22.2 Å². The molecule has 2 atom stereocenters. The fourth-order valence-electron chi connectivity index (χ4n) is 4.61. The van der Waals surface area contributed by atoms with Crippen LogP contribution in [0.5, 0.6) is 0 Å². The predicted molar refractivity (Wildman–Crippen MR) is 124 cm³/mol. The van der Waals surface area contributed by atoms with Crippen LogP contribution >= 0.6 is 23.2 Å². The van der Waals surface area contributed by atoms with E-state index >= 15 is 0 Å². The SMILES string of the molecule is CC(=O)N(C)N1C[C@H](c2ccc(C#N)cc2)[C@]2(C1)C(=O)N(c1cc(Cl)cc(Cl)c1)C(=O)N2C. The lowest BCUT2D eigenvalue weighted by molar-refractivity contribution is -0.143. The minimum absolute atomic E-state index is 0.125. The highest BCUT2D eigenvalue weighted by Gasteiger charge is 2.65. The number of nitrogens with zero attached hydrogens (tertiary/aromatic N) is 5. The van der Waals surface area contributed by atoms with Crippen LogP contribution in [0.1, 0.15) is 24.0 Å². The molecule has 10 heteroatoms. The van der Waals surface area contributed by atoms with E-state index in [2.05, 4.69) is 6.07 Å². The van der Waals surface area contributed by atoms with Gasteiger partial charge in [0, 0.05) is 43.5 Å². The topological polar surface area (TPSA) is 88.0 Å². The zero-order valence-electron chi connectivity index (χ0n) is 18.2. The molecular weight excluding hydrogens is 465 g/mol. The third kappa shape index (κ3) is 3.62. The molecule has 8 nitrogen and oxygen atoms in total. The van der Waals surface area contributed by atoms with Crippen LogP contribution < -0.4 is 4.90 Å². The number of nitriles is 1. The van der Waals surface area contributed by atoms with Crippen molar-refractivity contribution in [1.29, 1.82) is 5.26 Å². The summed E-state index contributed by atoms with van der Waals surface area (Å²) < 4.78 is 0. The number of anilines is 1. The number of hydrogen-bond acceptors (Lipinski definition) is 5. The molecule has 0 bridgehead atoms. The van der Waals surface area contributed by atoms with Crippen LogP contribution in [0.25, 0.3) is 0 Å². The van der Waals surface area contributed by atoms with E-state index in [-0.39, 0.29) is 18.1 Å². The number of halogens is 2. The highest BCUT2D eigenvalue weighted by Crippen LogP contribution is 2.46. The number of carbonyl (C=O) groups is 3. The number of likely N-dealkylation sites (N-methyl/N-ethyl adjacent to an activating group) is 1. The van der Waals surface area contributed by atoms with Gasteiger partial charge in [-0.2, -0.15) is 5.26 Å². The molecule has 2 aromatic carbocycles. The van der Waals surface area contributed by atoms with Gasteiger partial charge in [-0.25, -0.2) is 14.7 Å². The minimum Gasteiger partial charge on any atom is -0.310 e. The summed E-state index contributed by atoms with van der Waals surface area (Å²) in [6, 6.07) is 13.0. The third-order valence-corrected chi connectivity index (χ3v) is 6.91. The largest absolute Gasteiger partial charge is 0.332 e. The first-order valence-electron chi connectivity index (χ1n) is 10.2. The fraction of sp³-hybridized carbons (Fsp3) is 0.304. The Morgan fingerprint density at radius 3 is 2.30 bits per heavy atom. The monoisotopic (exact) mass is 485 g/mol. The van der Waals surface area contributed by atoms with Gasteiger partial charge in [0.15, 0.2) is 0 Å². The number of amides is 4. The summed E-state index contributed by atoms with van der Waals surface area (Å²) in [6.45, 7) is 1.89. The first kappa shape index (κ1) is 23.1. The molecule has 2 fully saturated rings. The van der Waals surface area contributed by atoms with Crippen molar-refractivity contribution in [3.63, 3.8) is 0 Å². The average molecular weight is 486 g/mol. The van der Waals surface area contributed by atoms with Crippen molar-refractivity contribution in [2.45, 2.75) is 18.4 Å². The smallest absolute Gasteiger partial charge is 0.310 e. The Hall–Kier alpha value is -3.12. The van der Waals surface area contributed by atoms with Crippen LogP contribution in [0.4, 0.5) is 10.5 Å². The van der Waals surface area contributed by atoms with E-state index in [1.807, 2.05) is 0 Å². The van der Waals surface area contributed by atoms with Gasteiger partial charge in [0.05, 0.1) is 23.9 Å². The van der Waals surface area contributed by atoms with Gasteiger partial charge in [-0.1, -0.05) is 35.3 Å². The molecular formula is C23H21Cl2N5O3. The van der Waals surface area contributed by atoms with E-state index in [0.717, 1.165) is 10.5 Å². The maximum absolute atomic E-state index is 14.0. The quantitative estimate of drug-likeness (QED) is 0.620. The highest BCUT2D eigenvalue weighted by atomic mass is 35.5. The molecule has 1 spiro atoms. The molecule has 0 aliphatic carbocycles. The van der Waals surface area contributed by atoms with Crippen molar-refractivity contribution in [2.24, 2.45) is 0 Å². The molecule has 0 radical (unpaired) electrons. The van der Waals surface area contributed by atoms with Gasteiger partial charge in [-0.3, -0.25) is 14.6 Å². The van der Waals surface area contributed by atoms with Gasteiger partial charge >= 0.3 is 6.03 Å². The first-order chi connectivity index (χ1) is 15.6. The number of rotatable bonds is 3. The van der Waals surface area contributed by atoms with E-state index in [9.17, 15) is 14.4 Å². The molecule has 2 aliphatic rings. The van der Waals surface area contributed by atoms with Crippen LogP contribution in [0.15, 0.2) is 42.5 Å². The van der Waals surface area contributed by atoms with E-state index in [4.69, 9.17) is 28.5 Å². The number of urea groups is 1. The van der Waals surface area contributed by atoms with E-state index in [1.54, 1.807) is 43.4 Å². The summed E-state index contributed by atoms with van der Waals surface area (Å²) in [7, 11) is 3.22. The van der Waals surface area contributed by atoms with Crippen molar-refractivity contribution >= 4 is 46.7 Å². The Kier molecular flexibility index (Phi) is 5.83. The van der Waals surface area contributed by atoms with E-state index < -0.39 is 23.4 Å². The Labute approximate surface area is 201 Å². The molecule has 2 aliphatic heterocycles. The number of hydrazine groups is 1. The summed E-state index contributed by atoms with van der Waals surface area (Å²) in [6.07, 6.45) is 0. The Balaban J connectivity index is 1.84. The Morgan fingerprint density at radius 2 is 1.76 bits per heavy atom. The first-order valence-corrected chi connectivity index (χ1v) is 10.9. The van der Waals surface area contributed by atoms with Gasteiger partial charge in [0.1, 0.15) is 5.54 Å². The number of imide groups is 1. The molecule has 0 saturated carbocycles. The summed E-state index contributed by atoms with van der Waals surface area (Å²) in [4.78, 5) is 42.0. The van der Waals surface area contributed by atoms with Crippen LogP contribution in [0.3, 0.4) is 0 Å². The van der Waals surface area contributed by atoms with Crippen molar-refractivity contribution < 1.29 is 14.4 Å². The molecule has 2 heterocycles. The van der Waals surface area contributed by atoms with Gasteiger partial charge in [0.25, 0.3) is 5.91 Å². The number of carbonyl (C=O) groups excluding carboxylic acids is 3. The third-order valence-electron chi connectivity index (χ3n) is 6.47. The second-order valence-corrected chi connectivity index (χ2v) is 9.08. The second kappa shape index (κ2) is 8.34. The maximum atomic E-state index is 14.0. The average Bonchev–Trinajstić information content (AvgIpc) is 3.26. The van der Waals surface area contributed by atoms with Gasteiger partial charge < -0.3 is 4.90 Å². The summed E-state index contributed by atoms with van der Waals surface area (Å²) in [5.41, 5.74) is 0.278. The normalized spacial score (nSPS) is 22.8. The lowest BCUT2D eigenvalue weighted by atomic mass is 9.80. The standard InChI is InChI=1S/C23H21Cl2N5O3/c1-14(31)28(3)29-12-20(16-6-4-15(11-26)5-7-16)23(13-29)21(32)30(22(33)27(23)2)19-9-17(24)8-18(25)10-19/h4-10,20H,12-13H2,1-3H3/t20-,23-/m1/s1. The maximum Gasteiger partial charge on any atom is 0.332 e. The molecule has 170 valence electrons. The van der Waals surface area contributed by atoms with Crippen molar-refractivity contribution in [3.05, 3.63) is 63.6 Å². The highest BCUT2D eigenvalue weighted by molar-refractivity contribution is 6.35.